The van der Waals surface area contributed by atoms with Crippen molar-refractivity contribution in [2.24, 2.45) is 0 Å². The van der Waals surface area contributed by atoms with E-state index in [2.05, 4.69) is 26.1 Å². The Labute approximate surface area is 123 Å². The molecule has 0 radical (unpaired) electrons. The number of carbonyl (C=O) groups excluding carboxylic acids is 1. The third-order valence-corrected chi connectivity index (χ3v) is 4.09. The average Bonchev–Trinajstić information content (AvgIpc) is 2.40. The summed E-state index contributed by atoms with van der Waals surface area (Å²) in [6.07, 6.45) is 3.73. The predicted octanol–water partition coefficient (Wildman–Crippen LogP) is 3.11. The number of amides is 1. The van der Waals surface area contributed by atoms with E-state index in [0.717, 1.165) is 23.1 Å². The van der Waals surface area contributed by atoms with Crippen molar-refractivity contribution in [2.75, 3.05) is 19.6 Å². The van der Waals surface area contributed by atoms with Crippen LogP contribution in [0.15, 0.2) is 28.7 Å². The largest absolute Gasteiger partial charge is 0.348 e. The van der Waals surface area contributed by atoms with E-state index in [4.69, 9.17) is 0 Å². The molecule has 1 heterocycles. The van der Waals surface area contributed by atoms with Gasteiger partial charge in [0, 0.05) is 4.47 Å². The fourth-order valence-electron chi connectivity index (χ4n) is 2.44. The second kappa shape index (κ2) is 7.06. The molecule has 1 amide bonds. The number of rotatable bonds is 4. The topological polar surface area (TPSA) is 32.3 Å². The Bertz CT molecular complexity index is 413. The van der Waals surface area contributed by atoms with E-state index in [9.17, 15) is 4.79 Å². The zero-order valence-electron chi connectivity index (χ0n) is 11.4. The Morgan fingerprint density at radius 3 is 2.53 bits per heavy atom. The molecule has 1 aliphatic rings. The number of benzene rings is 1. The van der Waals surface area contributed by atoms with Crippen molar-refractivity contribution in [1.82, 2.24) is 10.2 Å². The minimum absolute atomic E-state index is 0.0605. The van der Waals surface area contributed by atoms with Crippen LogP contribution in [-0.4, -0.2) is 30.4 Å². The van der Waals surface area contributed by atoms with Crippen LogP contribution in [0.4, 0.5) is 0 Å². The lowest BCUT2D eigenvalue weighted by molar-refractivity contribution is -0.123. The van der Waals surface area contributed by atoms with Crippen molar-refractivity contribution in [2.45, 2.75) is 32.2 Å². The first-order valence-electron chi connectivity index (χ1n) is 6.92. The van der Waals surface area contributed by atoms with Crippen LogP contribution in [0, 0.1) is 0 Å². The Hall–Kier alpha value is -0.870. The van der Waals surface area contributed by atoms with Crippen LogP contribution >= 0.6 is 15.9 Å². The maximum absolute atomic E-state index is 12.0. The van der Waals surface area contributed by atoms with Gasteiger partial charge >= 0.3 is 0 Å². The first-order valence-corrected chi connectivity index (χ1v) is 7.71. The molecular formula is C15H21BrN2O. The highest BCUT2D eigenvalue weighted by Crippen LogP contribution is 2.16. The third kappa shape index (κ3) is 4.62. The van der Waals surface area contributed by atoms with Gasteiger partial charge in [-0.2, -0.15) is 0 Å². The highest BCUT2D eigenvalue weighted by atomic mass is 79.9. The monoisotopic (exact) mass is 324 g/mol. The van der Waals surface area contributed by atoms with Gasteiger partial charge < -0.3 is 5.32 Å². The fourth-order valence-corrected chi connectivity index (χ4v) is 2.71. The van der Waals surface area contributed by atoms with E-state index in [0.29, 0.717) is 6.54 Å². The van der Waals surface area contributed by atoms with Crippen molar-refractivity contribution in [3.8, 4) is 0 Å². The summed E-state index contributed by atoms with van der Waals surface area (Å²) >= 11 is 3.42. The Morgan fingerprint density at radius 1 is 1.26 bits per heavy atom. The molecule has 0 aromatic heterocycles. The molecule has 1 aliphatic heterocycles. The van der Waals surface area contributed by atoms with Gasteiger partial charge in [-0.15, -0.1) is 0 Å². The van der Waals surface area contributed by atoms with Gasteiger partial charge in [0.1, 0.15) is 0 Å². The van der Waals surface area contributed by atoms with Gasteiger partial charge in [-0.05, 0) is 50.6 Å². The van der Waals surface area contributed by atoms with Crippen molar-refractivity contribution in [1.29, 1.82) is 0 Å². The SMILES string of the molecule is C[C@@H](NC(=O)CN1CCCCC1)c1ccc(Br)cc1. The minimum atomic E-state index is 0.0605. The third-order valence-electron chi connectivity index (χ3n) is 3.56. The predicted molar refractivity (Wildman–Crippen MR) is 81.0 cm³/mol. The van der Waals surface area contributed by atoms with E-state index in [1.807, 2.05) is 31.2 Å². The van der Waals surface area contributed by atoms with E-state index < -0.39 is 0 Å². The summed E-state index contributed by atoms with van der Waals surface area (Å²) in [5.41, 5.74) is 1.13. The number of likely N-dealkylation sites (tertiary alicyclic amines) is 1. The molecule has 1 aromatic rings. The number of carbonyl (C=O) groups is 1. The molecule has 2 rings (SSSR count). The number of hydrogen-bond acceptors (Lipinski definition) is 2. The van der Waals surface area contributed by atoms with Crippen molar-refractivity contribution >= 4 is 21.8 Å². The van der Waals surface area contributed by atoms with E-state index in [1.165, 1.54) is 19.3 Å². The highest BCUT2D eigenvalue weighted by molar-refractivity contribution is 9.10. The molecule has 3 nitrogen and oxygen atoms in total. The summed E-state index contributed by atoms with van der Waals surface area (Å²) in [5, 5.41) is 3.07. The van der Waals surface area contributed by atoms with Gasteiger partial charge in [-0.25, -0.2) is 0 Å². The maximum atomic E-state index is 12.0. The molecule has 1 saturated heterocycles. The van der Waals surface area contributed by atoms with Crippen molar-refractivity contribution < 1.29 is 4.79 Å². The number of hydrogen-bond donors (Lipinski definition) is 1. The molecule has 104 valence electrons. The Kier molecular flexibility index (Phi) is 5.40. The Morgan fingerprint density at radius 2 is 1.89 bits per heavy atom. The molecule has 1 aromatic carbocycles. The van der Waals surface area contributed by atoms with E-state index >= 15 is 0 Å². The summed E-state index contributed by atoms with van der Waals surface area (Å²) in [7, 11) is 0. The van der Waals surface area contributed by atoms with E-state index in [1.54, 1.807) is 0 Å². The molecule has 0 spiro atoms. The number of nitrogens with one attached hydrogen (secondary N) is 1. The van der Waals surface area contributed by atoms with Crippen molar-refractivity contribution in [3.63, 3.8) is 0 Å². The van der Waals surface area contributed by atoms with Crippen LogP contribution < -0.4 is 5.32 Å². The summed E-state index contributed by atoms with van der Waals surface area (Å²) in [5.74, 6) is 0.123. The number of nitrogens with zero attached hydrogens (tertiary/aromatic N) is 1. The van der Waals surface area contributed by atoms with Crippen LogP contribution in [0.1, 0.15) is 37.8 Å². The first-order chi connectivity index (χ1) is 9.15. The van der Waals surface area contributed by atoms with Gasteiger partial charge in [-0.3, -0.25) is 9.69 Å². The first kappa shape index (κ1) is 14.5. The van der Waals surface area contributed by atoms with Crippen molar-refractivity contribution in [3.05, 3.63) is 34.3 Å². The second-order valence-corrected chi connectivity index (χ2v) is 6.09. The van der Waals surface area contributed by atoms with Gasteiger partial charge in [-0.1, -0.05) is 34.5 Å². The maximum Gasteiger partial charge on any atom is 0.234 e. The normalized spacial score (nSPS) is 18.0. The summed E-state index contributed by atoms with van der Waals surface area (Å²) in [6.45, 7) is 4.67. The molecule has 0 unspecified atom stereocenters. The van der Waals surface area contributed by atoms with Gasteiger partial charge in [0.15, 0.2) is 0 Å². The molecular weight excluding hydrogens is 304 g/mol. The fraction of sp³-hybridized carbons (Fsp3) is 0.533. The molecule has 1 N–H and O–H groups in total. The number of piperidine rings is 1. The summed E-state index contributed by atoms with van der Waals surface area (Å²) < 4.78 is 1.06. The molecule has 1 fully saturated rings. The number of halogens is 1. The molecule has 0 aliphatic carbocycles. The van der Waals surface area contributed by atoms with Crippen LogP contribution in [0.5, 0.6) is 0 Å². The van der Waals surface area contributed by atoms with Crippen LogP contribution in [0.2, 0.25) is 0 Å². The van der Waals surface area contributed by atoms with Crippen LogP contribution in [0.3, 0.4) is 0 Å². The smallest absolute Gasteiger partial charge is 0.234 e. The average molecular weight is 325 g/mol. The molecule has 1 atom stereocenters. The zero-order chi connectivity index (χ0) is 13.7. The Balaban J connectivity index is 1.82. The summed E-state index contributed by atoms with van der Waals surface area (Å²) in [4.78, 5) is 14.2. The molecule has 4 heteroatoms. The lowest BCUT2D eigenvalue weighted by Crippen LogP contribution is -2.40. The standard InChI is InChI=1S/C15H21BrN2O/c1-12(13-5-7-14(16)8-6-13)17-15(19)11-18-9-3-2-4-10-18/h5-8,12H,2-4,9-11H2,1H3,(H,17,19)/t12-/m1/s1. The second-order valence-electron chi connectivity index (χ2n) is 5.18. The molecule has 0 saturated carbocycles. The van der Waals surface area contributed by atoms with Crippen LogP contribution in [0.25, 0.3) is 0 Å². The summed E-state index contributed by atoms with van der Waals surface area (Å²) in [6, 6.07) is 8.14. The molecule has 0 bridgehead atoms. The van der Waals surface area contributed by atoms with Gasteiger partial charge in [0.05, 0.1) is 12.6 Å². The lowest BCUT2D eigenvalue weighted by Gasteiger charge is -2.26. The molecule has 19 heavy (non-hydrogen) atoms. The van der Waals surface area contributed by atoms with E-state index in [-0.39, 0.29) is 11.9 Å². The minimum Gasteiger partial charge on any atom is -0.348 e. The van der Waals surface area contributed by atoms with Gasteiger partial charge in [0.2, 0.25) is 5.91 Å². The lowest BCUT2D eigenvalue weighted by atomic mass is 10.1. The van der Waals surface area contributed by atoms with Gasteiger partial charge in [0.25, 0.3) is 0 Å². The zero-order valence-corrected chi connectivity index (χ0v) is 12.9. The quantitative estimate of drug-likeness (QED) is 0.922. The highest BCUT2D eigenvalue weighted by Gasteiger charge is 2.15. The van der Waals surface area contributed by atoms with Crippen LogP contribution in [-0.2, 0) is 4.79 Å².